The van der Waals surface area contributed by atoms with Crippen molar-refractivity contribution in [3.05, 3.63) is 53.4 Å². The van der Waals surface area contributed by atoms with E-state index >= 15 is 0 Å². The molecule has 0 aliphatic carbocycles. The number of halogens is 1. The Kier molecular flexibility index (Phi) is 7.49. The van der Waals surface area contributed by atoms with E-state index in [1.54, 1.807) is 41.3 Å². The number of carbonyl (C=O) groups is 4. The van der Waals surface area contributed by atoms with Crippen molar-refractivity contribution in [1.82, 2.24) is 20.0 Å². The molecular weight excluding hydrogens is 462 g/mol. The van der Waals surface area contributed by atoms with Gasteiger partial charge in [-0.25, -0.2) is 0 Å². The molecule has 2 saturated heterocycles. The molecule has 34 heavy (non-hydrogen) atoms. The Morgan fingerprint density at radius 1 is 1.06 bits per heavy atom. The zero-order valence-corrected chi connectivity index (χ0v) is 19.3. The van der Waals surface area contributed by atoms with Crippen LogP contribution in [0.25, 0.3) is 0 Å². The highest BCUT2D eigenvalue weighted by Gasteiger charge is 2.35. The van der Waals surface area contributed by atoms with Crippen molar-refractivity contribution in [3.8, 4) is 0 Å². The van der Waals surface area contributed by atoms with Crippen LogP contribution in [0.1, 0.15) is 17.0 Å². The molecule has 1 aromatic heterocycles. The molecule has 2 N–H and O–H groups in total. The summed E-state index contributed by atoms with van der Waals surface area (Å²) in [5, 5.41) is 6.01. The summed E-state index contributed by atoms with van der Waals surface area (Å²) in [5.41, 5.74) is 0.561. The Balaban J connectivity index is 1.31. The number of furan rings is 1. The average molecular weight is 488 g/mol. The lowest BCUT2D eigenvalue weighted by atomic mass is 10.1. The monoisotopic (exact) mass is 487 g/mol. The van der Waals surface area contributed by atoms with E-state index in [2.05, 4.69) is 10.6 Å². The fraction of sp³-hybridized carbons (Fsp3) is 0.391. The van der Waals surface area contributed by atoms with E-state index in [0.717, 1.165) is 0 Å². The van der Waals surface area contributed by atoms with Gasteiger partial charge in [-0.1, -0.05) is 11.6 Å². The second kappa shape index (κ2) is 10.7. The van der Waals surface area contributed by atoms with Gasteiger partial charge in [-0.15, -0.1) is 0 Å². The lowest BCUT2D eigenvalue weighted by Gasteiger charge is -2.38. The second-order valence-corrected chi connectivity index (χ2v) is 8.64. The van der Waals surface area contributed by atoms with Crippen molar-refractivity contribution in [2.24, 2.45) is 0 Å². The van der Waals surface area contributed by atoms with Crippen LogP contribution in [0.3, 0.4) is 0 Å². The molecule has 2 fully saturated rings. The van der Waals surface area contributed by atoms with Crippen LogP contribution in [0.5, 0.6) is 0 Å². The molecule has 0 saturated carbocycles. The number of rotatable bonds is 6. The standard InChI is InChI=1S/C23H26ClN5O5/c24-16-3-5-17(6-4-16)26-20(30)14-18-22(32)25-7-8-29(18)21(31)15-27-9-11-28(12-10-27)23(33)19-2-1-13-34-19/h1-6,13,18H,7-12,14-15H2,(H,25,32)(H,26,30)/t18-/m1/s1. The Labute approximate surface area is 201 Å². The highest BCUT2D eigenvalue weighted by molar-refractivity contribution is 6.30. The lowest BCUT2D eigenvalue weighted by Crippen LogP contribution is -2.60. The molecule has 3 heterocycles. The van der Waals surface area contributed by atoms with Crippen LogP contribution in [0.4, 0.5) is 5.69 Å². The minimum absolute atomic E-state index is 0.116. The molecule has 0 bridgehead atoms. The summed E-state index contributed by atoms with van der Waals surface area (Å²) >= 11 is 5.87. The SMILES string of the molecule is O=C(C[C@@H]1C(=O)NCCN1C(=O)CN1CCN(C(=O)c2ccco2)CC1)Nc1ccc(Cl)cc1. The fourth-order valence-electron chi connectivity index (χ4n) is 4.08. The summed E-state index contributed by atoms with van der Waals surface area (Å²) in [6.07, 6.45) is 1.31. The number of nitrogens with one attached hydrogen (secondary N) is 2. The van der Waals surface area contributed by atoms with E-state index in [-0.39, 0.29) is 36.6 Å². The molecule has 0 spiro atoms. The second-order valence-electron chi connectivity index (χ2n) is 8.20. The predicted octanol–water partition coefficient (Wildman–Crippen LogP) is 1.05. The maximum absolute atomic E-state index is 13.1. The van der Waals surface area contributed by atoms with Gasteiger partial charge in [0.25, 0.3) is 5.91 Å². The van der Waals surface area contributed by atoms with Crippen LogP contribution in [0.15, 0.2) is 47.1 Å². The van der Waals surface area contributed by atoms with Crippen LogP contribution in [0.2, 0.25) is 5.02 Å². The smallest absolute Gasteiger partial charge is 0.289 e. The number of amides is 4. The predicted molar refractivity (Wildman–Crippen MR) is 124 cm³/mol. The molecule has 0 radical (unpaired) electrons. The zero-order chi connectivity index (χ0) is 24.1. The fourth-order valence-corrected chi connectivity index (χ4v) is 4.21. The molecule has 11 heteroatoms. The lowest BCUT2D eigenvalue weighted by molar-refractivity contribution is -0.145. The number of benzene rings is 1. The van der Waals surface area contributed by atoms with E-state index < -0.39 is 6.04 Å². The van der Waals surface area contributed by atoms with Crippen LogP contribution < -0.4 is 10.6 Å². The van der Waals surface area contributed by atoms with Gasteiger partial charge in [0, 0.05) is 50.0 Å². The third kappa shape index (κ3) is 5.75. The Morgan fingerprint density at radius 2 is 1.79 bits per heavy atom. The minimum Gasteiger partial charge on any atom is -0.459 e. The van der Waals surface area contributed by atoms with E-state index in [0.29, 0.717) is 55.7 Å². The molecule has 1 atom stereocenters. The van der Waals surface area contributed by atoms with Crippen molar-refractivity contribution in [3.63, 3.8) is 0 Å². The number of hydrogen-bond acceptors (Lipinski definition) is 6. The maximum atomic E-state index is 13.1. The number of nitrogens with zero attached hydrogens (tertiary/aromatic N) is 3. The molecule has 4 amide bonds. The van der Waals surface area contributed by atoms with Gasteiger partial charge in [0.2, 0.25) is 17.7 Å². The van der Waals surface area contributed by atoms with Crippen molar-refractivity contribution in [2.75, 3.05) is 51.1 Å². The van der Waals surface area contributed by atoms with Crippen LogP contribution >= 0.6 is 11.6 Å². The molecule has 2 aromatic rings. The van der Waals surface area contributed by atoms with Gasteiger partial charge < -0.3 is 24.9 Å². The number of carbonyl (C=O) groups excluding carboxylic acids is 4. The first-order valence-electron chi connectivity index (χ1n) is 11.1. The van der Waals surface area contributed by atoms with Crippen molar-refractivity contribution >= 4 is 40.9 Å². The van der Waals surface area contributed by atoms with E-state index in [1.165, 1.54) is 11.2 Å². The highest BCUT2D eigenvalue weighted by atomic mass is 35.5. The summed E-state index contributed by atoms with van der Waals surface area (Å²) in [5.74, 6) is -0.809. The first-order valence-corrected chi connectivity index (χ1v) is 11.5. The summed E-state index contributed by atoms with van der Waals surface area (Å²) < 4.78 is 5.17. The largest absolute Gasteiger partial charge is 0.459 e. The Hall–Kier alpha value is -3.37. The van der Waals surface area contributed by atoms with Crippen molar-refractivity contribution < 1.29 is 23.6 Å². The number of anilines is 1. The third-order valence-corrected chi connectivity index (χ3v) is 6.16. The molecule has 2 aliphatic rings. The molecular formula is C23H26ClN5O5. The van der Waals surface area contributed by atoms with E-state index in [9.17, 15) is 19.2 Å². The van der Waals surface area contributed by atoms with E-state index in [4.69, 9.17) is 16.0 Å². The highest BCUT2D eigenvalue weighted by Crippen LogP contribution is 2.16. The van der Waals surface area contributed by atoms with Gasteiger partial charge in [-0.3, -0.25) is 24.1 Å². The maximum Gasteiger partial charge on any atom is 0.289 e. The van der Waals surface area contributed by atoms with Gasteiger partial charge in [0.15, 0.2) is 5.76 Å². The van der Waals surface area contributed by atoms with Gasteiger partial charge in [0.05, 0.1) is 19.2 Å². The molecule has 10 nitrogen and oxygen atoms in total. The molecule has 180 valence electrons. The molecule has 1 aromatic carbocycles. The first kappa shape index (κ1) is 23.8. The topological polar surface area (TPSA) is 115 Å². The van der Waals surface area contributed by atoms with Crippen LogP contribution in [0, 0.1) is 0 Å². The Bertz CT molecular complexity index is 1030. The number of piperazine rings is 2. The first-order chi connectivity index (χ1) is 16.4. The average Bonchev–Trinajstić information content (AvgIpc) is 3.37. The summed E-state index contributed by atoms with van der Waals surface area (Å²) in [6, 6.07) is 9.06. The van der Waals surface area contributed by atoms with Crippen molar-refractivity contribution in [2.45, 2.75) is 12.5 Å². The number of hydrogen-bond donors (Lipinski definition) is 2. The Morgan fingerprint density at radius 3 is 2.47 bits per heavy atom. The van der Waals surface area contributed by atoms with Gasteiger partial charge >= 0.3 is 0 Å². The van der Waals surface area contributed by atoms with Gasteiger partial charge in [-0.05, 0) is 36.4 Å². The van der Waals surface area contributed by atoms with Gasteiger partial charge in [-0.2, -0.15) is 0 Å². The molecule has 0 unspecified atom stereocenters. The molecule has 4 rings (SSSR count). The quantitative estimate of drug-likeness (QED) is 0.629. The summed E-state index contributed by atoms with van der Waals surface area (Å²) in [6.45, 7) is 2.79. The third-order valence-electron chi connectivity index (χ3n) is 5.91. The summed E-state index contributed by atoms with van der Waals surface area (Å²) in [4.78, 5) is 55.6. The van der Waals surface area contributed by atoms with Crippen LogP contribution in [-0.2, 0) is 14.4 Å². The zero-order valence-electron chi connectivity index (χ0n) is 18.5. The summed E-state index contributed by atoms with van der Waals surface area (Å²) in [7, 11) is 0. The van der Waals surface area contributed by atoms with Crippen LogP contribution in [-0.4, -0.2) is 90.2 Å². The minimum atomic E-state index is -0.879. The van der Waals surface area contributed by atoms with Crippen molar-refractivity contribution in [1.29, 1.82) is 0 Å². The van der Waals surface area contributed by atoms with E-state index in [1.807, 2.05) is 4.90 Å². The molecule has 2 aliphatic heterocycles. The normalized spacial score (nSPS) is 19.0. The van der Waals surface area contributed by atoms with Gasteiger partial charge in [0.1, 0.15) is 6.04 Å².